The largest absolute Gasteiger partial charge is 0.254 e. The first-order valence-electron chi connectivity index (χ1n) is 5.62. The average Bonchev–Trinajstić information content (AvgIpc) is 2.38. The Morgan fingerprint density at radius 1 is 1.12 bits per heavy atom. The van der Waals surface area contributed by atoms with Crippen molar-refractivity contribution in [2.75, 3.05) is 0 Å². The minimum Gasteiger partial charge on any atom is -0.254 e. The van der Waals surface area contributed by atoms with Crippen LogP contribution < -0.4 is 0 Å². The molecule has 1 aromatic carbocycles. The summed E-state index contributed by atoms with van der Waals surface area (Å²) in [6.07, 6.45) is 2.67. The van der Waals surface area contributed by atoms with Gasteiger partial charge in [-0.05, 0) is 24.1 Å². The van der Waals surface area contributed by atoms with Crippen molar-refractivity contribution in [3.63, 3.8) is 0 Å². The zero-order chi connectivity index (χ0) is 11.8. The highest BCUT2D eigenvalue weighted by atomic mass is 35.5. The second-order valence-electron chi connectivity index (χ2n) is 4.00. The number of aryl methyl sites for hydroxylation is 1. The van der Waals surface area contributed by atoms with E-state index in [1.54, 1.807) is 6.20 Å². The van der Waals surface area contributed by atoms with Gasteiger partial charge in [-0.25, -0.2) is 4.98 Å². The van der Waals surface area contributed by atoms with Crippen molar-refractivity contribution in [2.24, 2.45) is 0 Å². The summed E-state index contributed by atoms with van der Waals surface area (Å²) in [6.45, 7) is 2.08. The maximum absolute atomic E-state index is 6.16. The molecule has 0 unspecified atom stereocenters. The van der Waals surface area contributed by atoms with Gasteiger partial charge in [0.15, 0.2) is 0 Å². The zero-order valence-electron chi connectivity index (χ0n) is 9.44. The molecule has 2 nitrogen and oxygen atoms in total. The van der Waals surface area contributed by atoms with Crippen LogP contribution in [0.2, 0.25) is 5.15 Å². The summed E-state index contributed by atoms with van der Waals surface area (Å²) in [5.74, 6) is 0. The lowest BCUT2D eigenvalue weighted by Gasteiger charge is -2.05. The molecule has 3 rings (SSSR count). The van der Waals surface area contributed by atoms with Crippen LogP contribution in [0.5, 0.6) is 0 Å². The predicted molar refractivity (Wildman–Crippen MR) is 71.4 cm³/mol. The fraction of sp³-hybridized carbons (Fsp3) is 0.143. The van der Waals surface area contributed by atoms with Gasteiger partial charge in [-0.3, -0.25) is 4.98 Å². The number of halogens is 1. The highest BCUT2D eigenvalue weighted by molar-refractivity contribution is 6.30. The van der Waals surface area contributed by atoms with E-state index in [0.717, 1.165) is 33.8 Å². The smallest absolute Gasteiger partial charge is 0.133 e. The second kappa shape index (κ2) is 3.97. The molecule has 0 fully saturated rings. The van der Waals surface area contributed by atoms with E-state index in [1.165, 1.54) is 0 Å². The van der Waals surface area contributed by atoms with Gasteiger partial charge in [0.2, 0.25) is 0 Å². The molecule has 0 amide bonds. The minimum atomic E-state index is 0.582. The van der Waals surface area contributed by atoms with E-state index in [9.17, 15) is 0 Å². The molecule has 0 aliphatic heterocycles. The molecule has 0 bridgehead atoms. The number of fused-ring (bicyclic) bond motifs is 3. The summed E-state index contributed by atoms with van der Waals surface area (Å²) >= 11 is 6.16. The summed E-state index contributed by atoms with van der Waals surface area (Å²) in [4.78, 5) is 8.86. The zero-order valence-corrected chi connectivity index (χ0v) is 10.2. The van der Waals surface area contributed by atoms with Crippen molar-refractivity contribution in [3.05, 3.63) is 47.2 Å². The number of rotatable bonds is 1. The van der Waals surface area contributed by atoms with E-state index >= 15 is 0 Å². The monoisotopic (exact) mass is 242 g/mol. The quantitative estimate of drug-likeness (QED) is 0.476. The van der Waals surface area contributed by atoms with Crippen LogP contribution in [-0.4, -0.2) is 9.97 Å². The Hall–Kier alpha value is -1.67. The molecule has 2 aromatic heterocycles. The Labute approximate surface area is 104 Å². The van der Waals surface area contributed by atoms with Crippen LogP contribution in [-0.2, 0) is 6.42 Å². The van der Waals surface area contributed by atoms with E-state index in [-0.39, 0.29) is 0 Å². The molecule has 0 spiro atoms. The molecule has 3 heteroatoms. The van der Waals surface area contributed by atoms with E-state index in [4.69, 9.17) is 11.6 Å². The molecule has 0 saturated heterocycles. The SMILES string of the molecule is CCc1cc2ccc3cccnc3c2nc1Cl. The Kier molecular flexibility index (Phi) is 2.45. The summed E-state index contributed by atoms with van der Waals surface area (Å²) < 4.78 is 0. The molecule has 0 N–H and O–H groups in total. The number of benzene rings is 1. The summed E-state index contributed by atoms with van der Waals surface area (Å²) in [6, 6.07) is 10.2. The molecule has 0 atom stereocenters. The first-order valence-corrected chi connectivity index (χ1v) is 6.00. The van der Waals surface area contributed by atoms with Gasteiger partial charge >= 0.3 is 0 Å². The lowest BCUT2D eigenvalue weighted by Crippen LogP contribution is -1.90. The Morgan fingerprint density at radius 2 is 1.94 bits per heavy atom. The van der Waals surface area contributed by atoms with Crippen molar-refractivity contribution in [1.29, 1.82) is 0 Å². The third-order valence-electron chi connectivity index (χ3n) is 2.96. The average molecular weight is 243 g/mol. The van der Waals surface area contributed by atoms with E-state index in [1.807, 2.05) is 12.1 Å². The summed E-state index contributed by atoms with van der Waals surface area (Å²) in [7, 11) is 0. The normalized spacial score (nSPS) is 11.2. The molecule has 0 saturated carbocycles. The Bertz CT molecular complexity index is 707. The molecular formula is C14H11ClN2. The molecular weight excluding hydrogens is 232 g/mol. The first kappa shape index (κ1) is 10.5. The number of pyridine rings is 2. The summed E-state index contributed by atoms with van der Waals surface area (Å²) in [5, 5.41) is 2.77. The van der Waals surface area contributed by atoms with Gasteiger partial charge in [-0.2, -0.15) is 0 Å². The maximum atomic E-state index is 6.16. The molecule has 84 valence electrons. The first-order chi connectivity index (χ1) is 8.29. The number of hydrogen-bond donors (Lipinski definition) is 0. The van der Waals surface area contributed by atoms with E-state index in [2.05, 4.69) is 35.1 Å². The van der Waals surface area contributed by atoms with Gasteiger partial charge < -0.3 is 0 Å². The van der Waals surface area contributed by atoms with Crippen LogP contribution in [0.4, 0.5) is 0 Å². The van der Waals surface area contributed by atoms with Crippen LogP contribution in [0.25, 0.3) is 21.8 Å². The van der Waals surface area contributed by atoms with Crippen molar-refractivity contribution in [2.45, 2.75) is 13.3 Å². The van der Waals surface area contributed by atoms with Crippen LogP contribution in [0.15, 0.2) is 36.5 Å². The predicted octanol–water partition coefficient (Wildman–Crippen LogP) is 4.00. The maximum Gasteiger partial charge on any atom is 0.133 e. The standard InChI is InChI=1S/C14H11ClN2/c1-2-9-8-11-6-5-10-4-3-7-16-12(10)13(11)17-14(9)15/h3-8H,2H2,1H3. The fourth-order valence-electron chi connectivity index (χ4n) is 2.04. The Morgan fingerprint density at radius 3 is 2.76 bits per heavy atom. The molecule has 0 aliphatic carbocycles. The highest BCUT2D eigenvalue weighted by Crippen LogP contribution is 2.26. The fourth-order valence-corrected chi connectivity index (χ4v) is 2.32. The van der Waals surface area contributed by atoms with Crippen LogP contribution in [0.3, 0.4) is 0 Å². The van der Waals surface area contributed by atoms with E-state index in [0.29, 0.717) is 5.15 Å². The van der Waals surface area contributed by atoms with Gasteiger partial charge in [0.1, 0.15) is 5.15 Å². The van der Waals surface area contributed by atoms with Gasteiger partial charge in [-0.15, -0.1) is 0 Å². The van der Waals surface area contributed by atoms with Gasteiger partial charge in [0.25, 0.3) is 0 Å². The van der Waals surface area contributed by atoms with E-state index < -0.39 is 0 Å². The van der Waals surface area contributed by atoms with Crippen molar-refractivity contribution in [1.82, 2.24) is 9.97 Å². The lowest BCUT2D eigenvalue weighted by atomic mass is 10.1. The minimum absolute atomic E-state index is 0.582. The number of aromatic nitrogens is 2. The molecule has 0 radical (unpaired) electrons. The summed E-state index contributed by atoms with van der Waals surface area (Å²) in [5.41, 5.74) is 2.87. The molecule has 2 heterocycles. The molecule has 3 aromatic rings. The second-order valence-corrected chi connectivity index (χ2v) is 4.36. The topological polar surface area (TPSA) is 25.8 Å². The molecule has 17 heavy (non-hydrogen) atoms. The third kappa shape index (κ3) is 1.65. The molecule has 0 aliphatic rings. The van der Waals surface area contributed by atoms with Gasteiger partial charge in [0, 0.05) is 17.0 Å². The lowest BCUT2D eigenvalue weighted by molar-refractivity contribution is 1.12. The number of hydrogen-bond acceptors (Lipinski definition) is 2. The van der Waals surface area contributed by atoms with Gasteiger partial charge in [0.05, 0.1) is 11.0 Å². The van der Waals surface area contributed by atoms with Crippen LogP contribution >= 0.6 is 11.6 Å². The van der Waals surface area contributed by atoms with Crippen LogP contribution in [0.1, 0.15) is 12.5 Å². The van der Waals surface area contributed by atoms with Crippen molar-refractivity contribution in [3.8, 4) is 0 Å². The van der Waals surface area contributed by atoms with Crippen molar-refractivity contribution < 1.29 is 0 Å². The van der Waals surface area contributed by atoms with Crippen LogP contribution in [0, 0.1) is 0 Å². The highest BCUT2D eigenvalue weighted by Gasteiger charge is 2.07. The third-order valence-corrected chi connectivity index (χ3v) is 3.29. The number of nitrogens with zero attached hydrogens (tertiary/aromatic N) is 2. The van der Waals surface area contributed by atoms with Gasteiger partial charge in [-0.1, -0.05) is 36.7 Å². The van der Waals surface area contributed by atoms with Crippen molar-refractivity contribution >= 4 is 33.4 Å². The Balaban J connectivity index is 2.46.